The molecule has 4 heteroatoms. The predicted molar refractivity (Wildman–Crippen MR) is 117 cm³/mol. The van der Waals surface area contributed by atoms with Gasteiger partial charge in [-0.1, -0.05) is 69.2 Å². The van der Waals surface area contributed by atoms with Gasteiger partial charge in [-0.3, -0.25) is 4.79 Å². The number of thioether (sulfide) groups is 1. The molecule has 0 unspecified atom stereocenters. The summed E-state index contributed by atoms with van der Waals surface area (Å²) in [7, 11) is 0. The van der Waals surface area contributed by atoms with Gasteiger partial charge in [0.05, 0.1) is 0 Å². The van der Waals surface area contributed by atoms with E-state index in [0.717, 1.165) is 54.9 Å². The highest BCUT2D eigenvalue weighted by Crippen LogP contribution is 2.40. The van der Waals surface area contributed by atoms with Crippen LogP contribution >= 0.6 is 11.8 Å². The molecule has 0 saturated carbocycles. The molecule has 28 heavy (non-hydrogen) atoms. The average Bonchev–Trinajstić information content (AvgIpc) is 3.23. The van der Waals surface area contributed by atoms with E-state index < -0.39 is 0 Å². The second-order valence-electron chi connectivity index (χ2n) is 7.35. The van der Waals surface area contributed by atoms with Crippen LogP contribution in [0.25, 0.3) is 0 Å². The summed E-state index contributed by atoms with van der Waals surface area (Å²) in [5, 5.41) is 0.100. The molecule has 1 amide bonds. The first-order valence-electron chi connectivity index (χ1n) is 10.4. The molecule has 0 bridgehead atoms. The molecule has 3 rings (SSSR count). The number of unbranched alkanes of at least 4 members (excludes halogenated alkanes) is 1. The van der Waals surface area contributed by atoms with Crippen LogP contribution in [-0.2, 0) is 11.4 Å². The van der Waals surface area contributed by atoms with Gasteiger partial charge < -0.3 is 9.64 Å². The Kier molecular flexibility index (Phi) is 7.84. The van der Waals surface area contributed by atoms with Crippen LogP contribution in [-0.4, -0.2) is 23.1 Å². The zero-order chi connectivity index (χ0) is 19.8. The molecule has 1 heterocycles. The van der Waals surface area contributed by atoms with Gasteiger partial charge in [-0.15, -0.1) is 11.8 Å². The molecule has 1 fully saturated rings. The molecule has 1 aliphatic rings. The van der Waals surface area contributed by atoms with Crippen LogP contribution in [0.15, 0.2) is 54.6 Å². The van der Waals surface area contributed by atoms with Gasteiger partial charge in [0.25, 0.3) is 0 Å². The lowest BCUT2D eigenvalue weighted by molar-refractivity contribution is -0.136. The molecule has 0 aromatic heterocycles. The van der Waals surface area contributed by atoms with Gasteiger partial charge in [-0.05, 0) is 36.1 Å². The molecule has 0 aliphatic carbocycles. The molecule has 3 nitrogen and oxygen atoms in total. The summed E-state index contributed by atoms with van der Waals surface area (Å²) >= 11 is 1.86. The lowest BCUT2D eigenvalue weighted by Crippen LogP contribution is -2.35. The largest absolute Gasteiger partial charge is 0.489 e. The van der Waals surface area contributed by atoms with Crippen molar-refractivity contribution in [2.45, 2.75) is 51.5 Å². The fourth-order valence-corrected chi connectivity index (χ4v) is 4.91. The van der Waals surface area contributed by atoms with Gasteiger partial charge in [-0.2, -0.15) is 0 Å². The van der Waals surface area contributed by atoms with Gasteiger partial charge in [0.1, 0.15) is 17.7 Å². The summed E-state index contributed by atoms with van der Waals surface area (Å²) in [5.74, 6) is 2.33. The standard InChI is InChI=1S/C24H31NO2S/c1-3-5-12-20(4-2)23(26)25-15-16-28-24(25)21-13-9-14-22(17-21)27-18-19-10-7-6-8-11-19/h6-11,13-14,17,20,24H,3-5,12,15-16,18H2,1-2H3/t20-,24-/m0/s1. The van der Waals surface area contributed by atoms with Crippen LogP contribution in [0.1, 0.15) is 56.0 Å². The SMILES string of the molecule is CCCC[C@H](CC)C(=O)N1CCS[C@H]1c1cccc(OCc2ccccc2)c1. The van der Waals surface area contributed by atoms with Crippen LogP contribution in [0.4, 0.5) is 0 Å². The van der Waals surface area contributed by atoms with Crippen molar-refractivity contribution in [3.05, 3.63) is 65.7 Å². The zero-order valence-corrected chi connectivity index (χ0v) is 17.8. The smallest absolute Gasteiger partial charge is 0.226 e. The molecule has 0 spiro atoms. The zero-order valence-electron chi connectivity index (χ0n) is 17.0. The van der Waals surface area contributed by atoms with Crippen LogP contribution in [0, 0.1) is 5.92 Å². The van der Waals surface area contributed by atoms with Gasteiger partial charge in [-0.25, -0.2) is 0 Å². The first-order chi connectivity index (χ1) is 13.7. The van der Waals surface area contributed by atoms with E-state index >= 15 is 0 Å². The van der Waals surface area contributed by atoms with E-state index in [1.54, 1.807) is 0 Å². The van der Waals surface area contributed by atoms with E-state index in [-0.39, 0.29) is 11.3 Å². The average molecular weight is 398 g/mol. The van der Waals surface area contributed by atoms with Crippen molar-refractivity contribution in [1.82, 2.24) is 4.90 Å². The molecule has 2 aromatic carbocycles. The number of nitrogens with zero attached hydrogens (tertiary/aromatic N) is 1. The van der Waals surface area contributed by atoms with Gasteiger partial charge in [0, 0.05) is 18.2 Å². The van der Waals surface area contributed by atoms with Crippen molar-refractivity contribution in [3.8, 4) is 5.75 Å². The topological polar surface area (TPSA) is 29.5 Å². The summed E-state index contributed by atoms with van der Waals surface area (Å²) in [6.45, 7) is 5.71. The molecule has 2 aromatic rings. The number of rotatable bonds is 9. The molecule has 150 valence electrons. The van der Waals surface area contributed by atoms with E-state index in [9.17, 15) is 4.79 Å². The van der Waals surface area contributed by atoms with Crippen molar-refractivity contribution in [2.75, 3.05) is 12.3 Å². The summed E-state index contributed by atoms with van der Waals surface area (Å²) < 4.78 is 6.00. The highest BCUT2D eigenvalue weighted by Gasteiger charge is 2.33. The fraction of sp³-hybridized carbons (Fsp3) is 0.458. The van der Waals surface area contributed by atoms with Crippen LogP contribution in [0.3, 0.4) is 0 Å². The quantitative estimate of drug-likeness (QED) is 0.515. The Labute approximate surface area is 173 Å². The number of benzene rings is 2. The Morgan fingerprint density at radius 1 is 1.18 bits per heavy atom. The molecule has 2 atom stereocenters. The molecular weight excluding hydrogens is 366 g/mol. The minimum atomic E-state index is 0.100. The number of hydrogen-bond donors (Lipinski definition) is 0. The minimum absolute atomic E-state index is 0.100. The number of ether oxygens (including phenoxy) is 1. The van der Waals surface area contributed by atoms with E-state index in [4.69, 9.17) is 4.74 Å². The fourth-order valence-electron chi connectivity index (χ4n) is 3.66. The normalized spacial score (nSPS) is 17.5. The van der Waals surface area contributed by atoms with Gasteiger partial charge in [0.15, 0.2) is 0 Å². The third-order valence-corrected chi connectivity index (χ3v) is 6.57. The Morgan fingerprint density at radius 3 is 2.75 bits per heavy atom. The number of amides is 1. The summed E-state index contributed by atoms with van der Waals surface area (Å²) in [4.78, 5) is 15.2. The second-order valence-corrected chi connectivity index (χ2v) is 8.54. The lowest BCUT2D eigenvalue weighted by Gasteiger charge is -2.28. The highest BCUT2D eigenvalue weighted by atomic mass is 32.2. The Balaban J connectivity index is 1.68. The first kappa shape index (κ1) is 20.8. The number of hydrogen-bond acceptors (Lipinski definition) is 3. The van der Waals surface area contributed by atoms with Crippen molar-refractivity contribution < 1.29 is 9.53 Å². The summed E-state index contributed by atoms with van der Waals surface area (Å²) in [6.07, 6.45) is 4.19. The molecular formula is C24H31NO2S. The van der Waals surface area contributed by atoms with E-state index in [2.05, 4.69) is 43.0 Å². The van der Waals surface area contributed by atoms with Crippen LogP contribution < -0.4 is 4.74 Å². The van der Waals surface area contributed by atoms with Crippen LogP contribution in [0.2, 0.25) is 0 Å². The van der Waals surface area contributed by atoms with Gasteiger partial charge >= 0.3 is 0 Å². The highest BCUT2D eigenvalue weighted by molar-refractivity contribution is 7.99. The minimum Gasteiger partial charge on any atom is -0.489 e. The van der Waals surface area contributed by atoms with Crippen molar-refractivity contribution in [1.29, 1.82) is 0 Å². The van der Waals surface area contributed by atoms with E-state index in [0.29, 0.717) is 12.5 Å². The maximum Gasteiger partial charge on any atom is 0.226 e. The van der Waals surface area contributed by atoms with Crippen molar-refractivity contribution >= 4 is 17.7 Å². The Bertz CT molecular complexity index is 749. The van der Waals surface area contributed by atoms with E-state index in [1.165, 1.54) is 0 Å². The monoisotopic (exact) mass is 397 g/mol. The Morgan fingerprint density at radius 2 is 2.00 bits per heavy atom. The van der Waals surface area contributed by atoms with Gasteiger partial charge in [0.2, 0.25) is 5.91 Å². The number of carbonyl (C=O) groups excluding carboxylic acids is 1. The lowest BCUT2D eigenvalue weighted by atomic mass is 9.97. The first-order valence-corrected chi connectivity index (χ1v) is 11.5. The van der Waals surface area contributed by atoms with Crippen LogP contribution in [0.5, 0.6) is 5.75 Å². The predicted octanol–water partition coefficient (Wildman–Crippen LogP) is 6.06. The van der Waals surface area contributed by atoms with Crippen molar-refractivity contribution in [3.63, 3.8) is 0 Å². The molecule has 0 N–H and O–H groups in total. The number of carbonyl (C=O) groups is 1. The summed E-state index contributed by atoms with van der Waals surface area (Å²) in [5.41, 5.74) is 2.31. The molecule has 0 radical (unpaired) electrons. The van der Waals surface area contributed by atoms with E-state index in [1.807, 2.05) is 42.1 Å². The third kappa shape index (κ3) is 5.32. The molecule has 1 aliphatic heterocycles. The summed E-state index contributed by atoms with van der Waals surface area (Å²) in [6, 6.07) is 18.4. The van der Waals surface area contributed by atoms with Crippen molar-refractivity contribution in [2.24, 2.45) is 5.92 Å². The second kappa shape index (κ2) is 10.6. The maximum atomic E-state index is 13.1. The third-order valence-electron chi connectivity index (χ3n) is 5.31. The molecule has 1 saturated heterocycles. The maximum absolute atomic E-state index is 13.1. The Hall–Kier alpha value is -1.94.